The lowest BCUT2D eigenvalue weighted by molar-refractivity contribution is -0.107. The molecule has 124 valence electrons. The molecule has 0 spiro atoms. The molecule has 0 N–H and O–H groups in total. The topological polar surface area (TPSA) is 65.3 Å². The summed E-state index contributed by atoms with van der Waals surface area (Å²) in [5, 5.41) is 0. The Kier molecular flexibility index (Phi) is 7.49. The molecule has 6 nitrogen and oxygen atoms in total. The third kappa shape index (κ3) is 5.58. The Bertz CT molecular complexity index is 433. The van der Waals surface area contributed by atoms with Gasteiger partial charge in [-0.2, -0.15) is 9.98 Å². The molecule has 0 bridgehead atoms. The van der Waals surface area contributed by atoms with Crippen molar-refractivity contribution in [3.05, 3.63) is 0 Å². The number of halogens is 6. The number of rotatable bonds is 2. The van der Waals surface area contributed by atoms with E-state index in [-0.39, 0.29) is 11.7 Å². The van der Waals surface area contributed by atoms with Crippen LogP contribution in [0.3, 0.4) is 0 Å². The number of amides is 2. The first-order valence-corrected chi connectivity index (χ1v) is 8.05. The summed E-state index contributed by atoms with van der Waals surface area (Å²) in [6.45, 7) is 1.33. The summed E-state index contributed by atoms with van der Waals surface area (Å²) < 4.78 is -3.67. The van der Waals surface area contributed by atoms with Crippen LogP contribution in [0.25, 0.3) is 0 Å². The van der Waals surface area contributed by atoms with E-state index in [1.165, 1.54) is 0 Å². The van der Waals surface area contributed by atoms with Gasteiger partial charge in [-0.1, -0.05) is 69.6 Å². The summed E-state index contributed by atoms with van der Waals surface area (Å²) in [5.74, 6) is 0.0184. The number of alkyl halides is 6. The second kappa shape index (κ2) is 8.22. The molecule has 0 aromatic carbocycles. The van der Waals surface area contributed by atoms with E-state index in [1.54, 1.807) is 9.80 Å². The van der Waals surface area contributed by atoms with E-state index in [1.807, 2.05) is 0 Å². The number of piperazine rings is 1. The maximum absolute atomic E-state index is 10.6. The van der Waals surface area contributed by atoms with Gasteiger partial charge in [-0.05, 0) is 0 Å². The Morgan fingerprint density at radius 2 is 1.00 bits per heavy atom. The number of carbonyl (C=O) groups is 2. The molecule has 0 radical (unpaired) electrons. The van der Waals surface area contributed by atoms with Gasteiger partial charge in [0.1, 0.15) is 0 Å². The number of hydrogen-bond acceptors (Lipinski definition) is 2. The fourth-order valence-corrected chi connectivity index (χ4v) is 2.91. The van der Waals surface area contributed by atoms with Gasteiger partial charge in [0, 0.05) is 26.2 Å². The van der Waals surface area contributed by atoms with Crippen molar-refractivity contribution in [2.45, 2.75) is 7.59 Å². The van der Waals surface area contributed by atoms with Crippen molar-refractivity contribution >= 4 is 94.1 Å². The van der Waals surface area contributed by atoms with Crippen molar-refractivity contribution in [2.75, 3.05) is 26.2 Å². The molecule has 0 aliphatic carbocycles. The molecule has 0 aromatic rings. The maximum Gasteiger partial charge on any atom is 0.248 e. The number of aliphatic imine (C=N–C) groups is 2. The second-order valence-corrected chi connectivity index (χ2v) is 8.65. The van der Waals surface area contributed by atoms with E-state index in [2.05, 4.69) is 9.98 Å². The van der Waals surface area contributed by atoms with Gasteiger partial charge in [-0.25, -0.2) is 0 Å². The summed E-state index contributed by atoms with van der Waals surface area (Å²) in [6, 6.07) is 0. The van der Waals surface area contributed by atoms with Crippen molar-refractivity contribution in [2.24, 2.45) is 9.98 Å². The quantitative estimate of drug-likeness (QED) is 0.292. The lowest BCUT2D eigenvalue weighted by atomic mass is 10.3. The zero-order chi connectivity index (χ0) is 17.0. The molecule has 2 amide bonds. The normalized spacial score (nSPS) is 18.5. The highest BCUT2D eigenvalue weighted by Crippen LogP contribution is 2.32. The molecule has 1 rings (SSSR count). The standard InChI is InChI=1S/C10H10Cl6N4O2/c11-9(12,13)7(17-5-21)19-1-2-20(4-3-19)8(18-6-22)10(14,15)16/h5-6H,1-4H2. The highest BCUT2D eigenvalue weighted by Gasteiger charge is 2.38. The molecular weight excluding hydrogens is 421 g/mol. The van der Waals surface area contributed by atoms with Gasteiger partial charge >= 0.3 is 0 Å². The van der Waals surface area contributed by atoms with E-state index in [4.69, 9.17) is 69.6 Å². The molecule has 12 heteroatoms. The van der Waals surface area contributed by atoms with E-state index in [0.29, 0.717) is 39.0 Å². The van der Waals surface area contributed by atoms with Crippen LogP contribution in [0.1, 0.15) is 0 Å². The van der Waals surface area contributed by atoms with Gasteiger partial charge in [0.15, 0.2) is 11.7 Å². The average Bonchev–Trinajstić information content (AvgIpc) is 2.40. The molecule has 1 saturated heterocycles. The smallest absolute Gasteiger partial charge is 0.248 e. The van der Waals surface area contributed by atoms with Crippen molar-refractivity contribution in [1.29, 1.82) is 0 Å². The first kappa shape index (κ1) is 20.1. The lowest BCUT2D eigenvalue weighted by Gasteiger charge is -2.40. The van der Waals surface area contributed by atoms with E-state index in [9.17, 15) is 9.59 Å². The van der Waals surface area contributed by atoms with E-state index in [0.717, 1.165) is 0 Å². The molecule has 22 heavy (non-hydrogen) atoms. The second-order valence-electron chi connectivity index (χ2n) is 4.09. The van der Waals surface area contributed by atoms with Crippen LogP contribution in [-0.2, 0) is 9.59 Å². The minimum atomic E-state index is -1.84. The van der Waals surface area contributed by atoms with Crippen molar-refractivity contribution < 1.29 is 9.59 Å². The van der Waals surface area contributed by atoms with Crippen LogP contribution < -0.4 is 0 Å². The zero-order valence-electron chi connectivity index (χ0n) is 10.9. The van der Waals surface area contributed by atoms with Crippen LogP contribution in [0.15, 0.2) is 9.98 Å². The van der Waals surface area contributed by atoms with Gasteiger partial charge in [0.05, 0.1) is 0 Å². The summed E-state index contributed by atoms with van der Waals surface area (Å²) in [4.78, 5) is 31.5. The maximum atomic E-state index is 10.6. The van der Waals surface area contributed by atoms with E-state index < -0.39 is 7.59 Å². The van der Waals surface area contributed by atoms with Gasteiger partial charge < -0.3 is 9.80 Å². The minimum Gasteiger partial charge on any atom is -0.353 e. The van der Waals surface area contributed by atoms with Gasteiger partial charge in [0.2, 0.25) is 20.4 Å². The predicted molar refractivity (Wildman–Crippen MR) is 90.7 cm³/mol. The minimum absolute atomic E-state index is 0.00918. The van der Waals surface area contributed by atoms with Crippen LogP contribution in [-0.4, -0.2) is 68.1 Å². The Morgan fingerprint density at radius 3 is 1.18 bits per heavy atom. The van der Waals surface area contributed by atoms with Crippen LogP contribution in [0.4, 0.5) is 0 Å². The number of carbonyl (C=O) groups excluding carboxylic acids is 2. The molecule has 1 fully saturated rings. The fourth-order valence-electron chi connectivity index (χ4n) is 1.90. The highest BCUT2D eigenvalue weighted by molar-refractivity contribution is 6.77. The lowest BCUT2D eigenvalue weighted by Crippen LogP contribution is -2.55. The monoisotopic (exact) mass is 428 g/mol. The van der Waals surface area contributed by atoms with Crippen molar-refractivity contribution in [3.63, 3.8) is 0 Å². The Labute approximate surface area is 156 Å². The summed E-state index contributed by atoms with van der Waals surface area (Å²) in [5.41, 5.74) is 0. The van der Waals surface area contributed by atoms with Gasteiger partial charge in [0.25, 0.3) is 0 Å². The van der Waals surface area contributed by atoms with Gasteiger partial charge in [-0.15, -0.1) is 0 Å². The highest BCUT2D eigenvalue weighted by atomic mass is 35.6. The molecule has 0 atom stereocenters. The van der Waals surface area contributed by atoms with Crippen LogP contribution in [0.5, 0.6) is 0 Å². The largest absolute Gasteiger partial charge is 0.353 e. The Morgan fingerprint density at radius 1 is 0.727 bits per heavy atom. The van der Waals surface area contributed by atoms with Crippen molar-refractivity contribution in [1.82, 2.24) is 9.80 Å². The van der Waals surface area contributed by atoms with E-state index >= 15 is 0 Å². The van der Waals surface area contributed by atoms with Crippen LogP contribution in [0, 0.1) is 0 Å². The first-order chi connectivity index (χ1) is 10.1. The van der Waals surface area contributed by atoms with Crippen LogP contribution >= 0.6 is 69.6 Å². The summed E-state index contributed by atoms with van der Waals surface area (Å²) >= 11 is 34.7. The molecule has 1 aliphatic heterocycles. The fraction of sp³-hybridized carbons (Fsp3) is 0.600. The SMILES string of the molecule is O=CN=C(N1CCN(C(=NC=O)C(Cl)(Cl)Cl)CC1)C(Cl)(Cl)Cl. The molecule has 1 heterocycles. The average molecular weight is 431 g/mol. The van der Waals surface area contributed by atoms with Gasteiger partial charge in [-0.3, -0.25) is 9.59 Å². The molecule has 0 saturated carbocycles. The Balaban J connectivity index is 2.86. The summed E-state index contributed by atoms with van der Waals surface area (Å²) in [7, 11) is 0. The molecule has 0 unspecified atom stereocenters. The summed E-state index contributed by atoms with van der Waals surface area (Å²) in [6.07, 6.45) is 0.592. The number of hydrogen-bond donors (Lipinski definition) is 0. The third-order valence-corrected chi connectivity index (χ3v) is 3.75. The van der Waals surface area contributed by atoms with Crippen molar-refractivity contribution in [3.8, 4) is 0 Å². The number of nitrogens with zero attached hydrogens (tertiary/aromatic N) is 4. The third-order valence-electron chi connectivity index (χ3n) is 2.74. The predicted octanol–water partition coefficient (Wildman–Crippen LogP) is 2.45. The molecule has 1 aliphatic rings. The molecular formula is C10H10Cl6N4O2. The zero-order valence-corrected chi connectivity index (χ0v) is 15.4. The molecule has 0 aromatic heterocycles. The first-order valence-electron chi connectivity index (χ1n) is 5.78. The van der Waals surface area contributed by atoms with Crippen LogP contribution in [0.2, 0.25) is 0 Å². The Hall–Kier alpha value is 0.0200. The number of amidine groups is 2.